The van der Waals surface area contributed by atoms with Gasteiger partial charge in [-0.1, -0.05) is 78.9 Å². The van der Waals surface area contributed by atoms with Gasteiger partial charge in [-0.05, 0) is 109 Å². The van der Waals surface area contributed by atoms with Gasteiger partial charge in [-0.2, -0.15) is 52.7 Å². The zero-order valence-corrected chi connectivity index (χ0v) is 36.6. The fourth-order valence-corrected chi connectivity index (χ4v) is 9.29. The predicted molar refractivity (Wildman–Crippen MR) is 252 cm³/mol. The molecule has 72 heavy (non-hydrogen) atoms. The van der Waals surface area contributed by atoms with Crippen molar-refractivity contribution < 1.29 is 52.7 Å². The predicted octanol–water partition coefficient (Wildman–Crippen LogP) is 17.4. The third kappa shape index (κ3) is 8.15. The van der Waals surface area contributed by atoms with Crippen molar-refractivity contribution in [2.45, 2.75) is 24.7 Å². The summed E-state index contributed by atoms with van der Waals surface area (Å²) < 4.78 is 173. The Hall–Kier alpha value is -8.40. The SMILES string of the molecule is FC(F)(F)c1ccc2c(c1)c1cc(C(F)(F)F)ccc1n2-c1cccc(-c2cc(-c3cc(-c4ccccc4)nc(-c4ccccc4)n3)ccc2-n2c3ccc(C(F)(F)F)cc3c3cc(C(F)(F)F)ccc32)c1. The van der Waals surface area contributed by atoms with Crippen LogP contribution < -0.4 is 0 Å². The molecule has 0 aliphatic rings. The number of hydrogen-bond donors (Lipinski definition) is 0. The summed E-state index contributed by atoms with van der Waals surface area (Å²) in [6, 6.07) is 43.2. The van der Waals surface area contributed by atoms with E-state index in [-0.39, 0.29) is 43.6 Å². The van der Waals surface area contributed by atoms with E-state index in [0.717, 1.165) is 54.1 Å². The lowest BCUT2D eigenvalue weighted by Crippen LogP contribution is -2.04. The van der Waals surface area contributed by atoms with Crippen LogP contribution in [0.5, 0.6) is 0 Å². The molecule has 0 N–H and O–H groups in total. The van der Waals surface area contributed by atoms with E-state index >= 15 is 0 Å². The molecule has 11 rings (SSSR count). The molecule has 0 aliphatic carbocycles. The number of nitrogens with zero attached hydrogens (tertiary/aromatic N) is 4. The highest BCUT2D eigenvalue weighted by atomic mass is 19.4. The van der Waals surface area contributed by atoms with Crippen molar-refractivity contribution in [1.29, 1.82) is 0 Å². The van der Waals surface area contributed by atoms with Gasteiger partial charge in [0.25, 0.3) is 0 Å². The van der Waals surface area contributed by atoms with Gasteiger partial charge < -0.3 is 9.13 Å². The molecule has 0 saturated carbocycles. The zero-order chi connectivity index (χ0) is 50.5. The van der Waals surface area contributed by atoms with Crippen molar-refractivity contribution in [2.75, 3.05) is 0 Å². The van der Waals surface area contributed by atoms with E-state index in [1.54, 1.807) is 53.1 Å². The average molecular weight is 987 g/mol. The van der Waals surface area contributed by atoms with Crippen LogP contribution in [0.2, 0.25) is 0 Å². The quantitative estimate of drug-likeness (QED) is 0.156. The van der Waals surface area contributed by atoms with Gasteiger partial charge in [0.05, 0.1) is 61.4 Å². The summed E-state index contributed by atoms with van der Waals surface area (Å²) in [7, 11) is 0. The zero-order valence-electron chi connectivity index (χ0n) is 36.6. The summed E-state index contributed by atoms with van der Waals surface area (Å²) in [5.41, 5.74) is 0.549. The Kier molecular flexibility index (Phi) is 10.6. The van der Waals surface area contributed by atoms with Crippen LogP contribution in [-0.2, 0) is 24.7 Å². The second-order valence-corrected chi connectivity index (χ2v) is 17.1. The lowest BCUT2D eigenvalue weighted by molar-refractivity contribution is -0.138. The number of alkyl halides is 12. The Labute approximate surface area is 399 Å². The molecule has 0 bridgehead atoms. The van der Waals surface area contributed by atoms with Crippen molar-refractivity contribution in [2.24, 2.45) is 0 Å². The van der Waals surface area contributed by atoms with Gasteiger partial charge in [0.15, 0.2) is 5.82 Å². The lowest BCUT2D eigenvalue weighted by Gasteiger charge is -2.18. The second-order valence-electron chi connectivity index (χ2n) is 17.1. The second kappa shape index (κ2) is 16.6. The van der Waals surface area contributed by atoms with E-state index in [4.69, 9.17) is 9.97 Å². The molecule has 0 amide bonds. The summed E-state index contributed by atoms with van der Waals surface area (Å²) in [4.78, 5) is 9.85. The van der Waals surface area contributed by atoms with E-state index in [1.165, 1.54) is 28.8 Å². The molecule has 3 aromatic heterocycles. The van der Waals surface area contributed by atoms with E-state index in [9.17, 15) is 52.7 Å². The largest absolute Gasteiger partial charge is 0.416 e. The third-order valence-corrected chi connectivity index (χ3v) is 12.6. The molecule has 0 saturated heterocycles. The lowest BCUT2D eigenvalue weighted by atomic mass is 9.97. The first-order chi connectivity index (χ1) is 34.2. The molecule has 0 unspecified atom stereocenters. The number of aromatic nitrogens is 4. The Morgan fingerprint density at radius 3 is 1.15 bits per heavy atom. The number of rotatable bonds is 6. The third-order valence-electron chi connectivity index (χ3n) is 12.6. The van der Waals surface area contributed by atoms with Crippen molar-refractivity contribution in [3.8, 4) is 56.4 Å². The first-order valence-electron chi connectivity index (χ1n) is 21.9. The number of fused-ring (bicyclic) bond motifs is 6. The molecular formula is C56H30F12N4. The minimum Gasteiger partial charge on any atom is -0.309 e. The van der Waals surface area contributed by atoms with Gasteiger partial charge in [0.1, 0.15) is 0 Å². The van der Waals surface area contributed by atoms with Gasteiger partial charge in [-0.15, -0.1) is 0 Å². The molecule has 0 radical (unpaired) electrons. The van der Waals surface area contributed by atoms with Crippen molar-refractivity contribution in [3.63, 3.8) is 0 Å². The molecule has 0 fully saturated rings. The van der Waals surface area contributed by atoms with E-state index in [0.29, 0.717) is 50.8 Å². The minimum absolute atomic E-state index is 0.104. The van der Waals surface area contributed by atoms with Crippen molar-refractivity contribution in [1.82, 2.24) is 19.1 Å². The first kappa shape index (κ1) is 46.0. The Bertz CT molecular complexity index is 3720. The summed E-state index contributed by atoms with van der Waals surface area (Å²) in [6.45, 7) is 0. The average Bonchev–Trinajstić information content (AvgIpc) is 3.87. The normalized spacial score (nSPS) is 12.7. The van der Waals surface area contributed by atoms with Crippen LogP contribution in [0.15, 0.2) is 182 Å². The van der Waals surface area contributed by atoms with Crippen LogP contribution in [0.1, 0.15) is 22.3 Å². The van der Waals surface area contributed by atoms with Crippen LogP contribution in [-0.4, -0.2) is 19.1 Å². The van der Waals surface area contributed by atoms with Crippen LogP contribution in [0.4, 0.5) is 52.7 Å². The molecule has 0 atom stereocenters. The van der Waals surface area contributed by atoms with Gasteiger partial charge >= 0.3 is 24.7 Å². The maximum Gasteiger partial charge on any atom is 0.416 e. The molecule has 3 heterocycles. The molecule has 0 spiro atoms. The summed E-state index contributed by atoms with van der Waals surface area (Å²) >= 11 is 0. The van der Waals surface area contributed by atoms with Gasteiger partial charge in [0.2, 0.25) is 0 Å². The Morgan fingerprint density at radius 1 is 0.306 bits per heavy atom. The van der Waals surface area contributed by atoms with Crippen LogP contribution in [0.25, 0.3) is 100 Å². The molecule has 4 nitrogen and oxygen atoms in total. The van der Waals surface area contributed by atoms with Gasteiger partial charge in [-0.25, -0.2) is 9.97 Å². The Balaban J connectivity index is 1.20. The minimum atomic E-state index is -4.85. The first-order valence-corrected chi connectivity index (χ1v) is 21.9. The molecule has 358 valence electrons. The van der Waals surface area contributed by atoms with Crippen LogP contribution in [0, 0.1) is 0 Å². The van der Waals surface area contributed by atoms with E-state index in [2.05, 4.69) is 0 Å². The smallest absolute Gasteiger partial charge is 0.309 e. The number of halogens is 12. The maximum absolute atomic E-state index is 14.3. The number of benzene rings is 8. The van der Waals surface area contributed by atoms with Crippen LogP contribution >= 0.6 is 0 Å². The summed E-state index contributed by atoms with van der Waals surface area (Å²) in [5.74, 6) is 0.372. The van der Waals surface area contributed by atoms with Crippen LogP contribution in [0.3, 0.4) is 0 Å². The topological polar surface area (TPSA) is 35.6 Å². The molecule has 11 aromatic rings. The van der Waals surface area contributed by atoms with Gasteiger partial charge in [0, 0.05) is 49.5 Å². The fourth-order valence-electron chi connectivity index (χ4n) is 9.29. The highest BCUT2D eigenvalue weighted by molar-refractivity contribution is 6.11. The fraction of sp³-hybridized carbons (Fsp3) is 0.0714. The van der Waals surface area contributed by atoms with E-state index < -0.39 is 47.0 Å². The van der Waals surface area contributed by atoms with Crippen molar-refractivity contribution >= 4 is 43.6 Å². The molecule has 0 aliphatic heterocycles. The van der Waals surface area contributed by atoms with E-state index in [1.807, 2.05) is 60.7 Å². The highest BCUT2D eigenvalue weighted by Gasteiger charge is 2.35. The monoisotopic (exact) mass is 986 g/mol. The maximum atomic E-state index is 14.3. The summed E-state index contributed by atoms with van der Waals surface area (Å²) in [6.07, 6.45) is -19.3. The molecule has 8 aromatic carbocycles. The Morgan fingerprint density at radius 2 is 0.708 bits per heavy atom. The molecule has 16 heteroatoms. The standard InChI is InChI=1S/C56H30F12N4/c57-53(58,59)35-15-20-48-41(26-35)42-27-36(54(60,61)62)16-21-49(42)71(48)39-13-7-12-33(24-39)40-25-34(46-30-45(31-8-3-1-4-9-31)69-52(70-46)32-10-5-2-6-11-32)14-19-47(40)72-50-22-17-37(55(63,64)65)28-43(50)44-29-38(56(66,67)68)18-23-51(44)72/h1-30H. The van der Waals surface area contributed by atoms with Gasteiger partial charge in [-0.3, -0.25) is 0 Å². The number of hydrogen-bond acceptors (Lipinski definition) is 2. The van der Waals surface area contributed by atoms with Crippen molar-refractivity contribution in [3.05, 3.63) is 204 Å². The molecular weight excluding hydrogens is 957 g/mol. The summed E-state index contributed by atoms with van der Waals surface area (Å²) in [5, 5.41) is -0.444. The highest BCUT2D eigenvalue weighted by Crippen LogP contribution is 2.45.